The SMILES string of the molecule is CSCC[C@H](N)C(=O)NC1CCN(c2ccccc2)C1. The Kier molecular flexibility index (Phi) is 5.73. The lowest BCUT2D eigenvalue weighted by molar-refractivity contribution is -0.122. The summed E-state index contributed by atoms with van der Waals surface area (Å²) in [4.78, 5) is 14.3. The third-order valence-electron chi connectivity index (χ3n) is 3.63. The molecule has 1 aliphatic heterocycles. The molecule has 0 radical (unpaired) electrons. The van der Waals surface area contributed by atoms with E-state index in [-0.39, 0.29) is 18.0 Å². The van der Waals surface area contributed by atoms with Gasteiger partial charge >= 0.3 is 0 Å². The topological polar surface area (TPSA) is 58.4 Å². The van der Waals surface area contributed by atoms with Crippen molar-refractivity contribution < 1.29 is 4.79 Å². The molecule has 3 N–H and O–H groups in total. The van der Waals surface area contributed by atoms with E-state index >= 15 is 0 Å². The first-order chi connectivity index (χ1) is 9.70. The van der Waals surface area contributed by atoms with Crippen LogP contribution in [0, 0.1) is 0 Å². The van der Waals surface area contributed by atoms with Crippen LogP contribution < -0.4 is 16.0 Å². The molecule has 1 amide bonds. The van der Waals surface area contributed by atoms with E-state index in [9.17, 15) is 4.79 Å². The number of nitrogens with two attached hydrogens (primary N) is 1. The number of hydrogen-bond acceptors (Lipinski definition) is 4. The molecule has 0 aromatic heterocycles. The van der Waals surface area contributed by atoms with Crippen LogP contribution >= 0.6 is 11.8 Å². The highest BCUT2D eigenvalue weighted by Crippen LogP contribution is 2.19. The van der Waals surface area contributed by atoms with Gasteiger partial charge in [0.15, 0.2) is 0 Å². The van der Waals surface area contributed by atoms with Crippen molar-refractivity contribution >= 4 is 23.4 Å². The first-order valence-electron chi connectivity index (χ1n) is 7.05. The first kappa shape index (κ1) is 15.2. The van der Waals surface area contributed by atoms with E-state index < -0.39 is 0 Å². The summed E-state index contributed by atoms with van der Waals surface area (Å²) in [5.41, 5.74) is 7.11. The summed E-state index contributed by atoms with van der Waals surface area (Å²) in [5.74, 6) is 0.911. The molecule has 0 spiro atoms. The van der Waals surface area contributed by atoms with Gasteiger partial charge in [0.05, 0.1) is 6.04 Å². The highest BCUT2D eigenvalue weighted by atomic mass is 32.2. The van der Waals surface area contributed by atoms with Crippen LogP contribution in [0.2, 0.25) is 0 Å². The van der Waals surface area contributed by atoms with Crippen molar-refractivity contribution in [2.75, 3.05) is 30.0 Å². The van der Waals surface area contributed by atoms with Gasteiger partial charge < -0.3 is 16.0 Å². The Hall–Kier alpha value is -1.20. The van der Waals surface area contributed by atoms with Crippen LogP contribution in [0.3, 0.4) is 0 Å². The Labute approximate surface area is 125 Å². The molecule has 0 aliphatic carbocycles. The summed E-state index contributed by atoms with van der Waals surface area (Å²) in [6.07, 6.45) is 3.75. The second-order valence-corrected chi connectivity index (χ2v) is 6.15. The van der Waals surface area contributed by atoms with Gasteiger partial charge in [0, 0.05) is 24.8 Å². The maximum Gasteiger partial charge on any atom is 0.237 e. The van der Waals surface area contributed by atoms with E-state index in [0.717, 1.165) is 31.7 Å². The Morgan fingerprint density at radius 1 is 1.50 bits per heavy atom. The minimum absolute atomic E-state index is 0.0149. The number of nitrogens with one attached hydrogen (secondary N) is 1. The van der Waals surface area contributed by atoms with E-state index in [4.69, 9.17) is 5.73 Å². The molecular formula is C15H23N3OS. The van der Waals surface area contributed by atoms with E-state index in [1.165, 1.54) is 5.69 Å². The lowest BCUT2D eigenvalue weighted by Crippen LogP contribution is -2.46. The Bertz CT molecular complexity index is 426. The average molecular weight is 293 g/mol. The summed E-state index contributed by atoms with van der Waals surface area (Å²) in [6, 6.07) is 10.1. The molecule has 1 aromatic carbocycles. The molecule has 1 fully saturated rings. The number of carbonyl (C=O) groups is 1. The van der Waals surface area contributed by atoms with Crippen molar-refractivity contribution in [2.24, 2.45) is 5.73 Å². The number of benzene rings is 1. The number of thioether (sulfide) groups is 1. The molecule has 1 saturated heterocycles. The molecule has 2 rings (SSSR count). The zero-order valence-electron chi connectivity index (χ0n) is 11.9. The molecule has 1 aromatic rings. The fourth-order valence-corrected chi connectivity index (χ4v) is 2.93. The Morgan fingerprint density at radius 2 is 2.25 bits per heavy atom. The normalized spacial score (nSPS) is 19.9. The van der Waals surface area contributed by atoms with Gasteiger partial charge in [-0.1, -0.05) is 18.2 Å². The van der Waals surface area contributed by atoms with Crippen LogP contribution in [-0.2, 0) is 4.79 Å². The third kappa shape index (κ3) is 4.15. The van der Waals surface area contributed by atoms with Crippen LogP contribution in [0.1, 0.15) is 12.8 Å². The molecule has 1 unspecified atom stereocenters. The monoisotopic (exact) mass is 293 g/mol. The van der Waals surface area contributed by atoms with Crippen molar-refractivity contribution in [3.63, 3.8) is 0 Å². The van der Waals surface area contributed by atoms with Crippen LogP contribution in [0.4, 0.5) is 5.69 Å². The zero-order valence-corrected chi connectivity index (χ0v) is 12.7. The van der Waals surface area contributed by atoms with Crippen molar-refractivity contribution in [1.29, 1.82) is 0 Å². The van der Waals surface area contributed by atoms with Crippen LogP contribution in [-0.4, -0.2) is 43.1 Å². The van der Waals surface area contributed by atoms with Gasteiger partial charge in [-0.05, 0) is 37.0 Å². The van der Waals surface area contributed by atoms with Gasteiger partial charge in [0.25, 0.3) is 0 Å². The van der Waals surface area contributed by atoms with Crippen molar-refractivity contribution in [3.05, 3.63) is 30.3 Å². The smallest absolute Gasteiger partial charge is 0.237 e. The molecule has 110 valence electrons. The maximum absolute atomic E-state index is 12.0. The van der Waals surface area contributed by atoms with Crippen molar-refractivity contribution in [1.82, 2.24) is 5.32 Å². The first-order valence-corrected chi connectivity index (χ1v) is 8.45. The number of anilines is 1. The highest BCUT2D eigenvalue weighted by molar-refractivity contribution is 7.98. The molecule has 4 nitrogen and oxygen atoms in total. The number of amides is 1. The van der Waals surface area contributed by atoms with Crippen LogP contribution in [0.25, 0.3) is 0 Å². The summed E-state index contributed by atoms with van der Waals surface area (Å²) in [5, 5.41) is 3.07. The zero-order chi connectivity index (χ0) is 14.4. The number of hydrogen-bond donors (Lipinski definition) is 2. The molecule has 0 bridgehead atoms. The minimum atomic E-state index is -0.381. The van der Waals surface area contributed by atoms with E-state index in [1.54, 1.807) is 11.8 Å². The van der Waals surface area contributed by atoms with Gasteiger partial charge in [-0.25, -0.2) is 0 Å². The Balaban J connectivity index is 1.80. The molecule has 1 heterocycles. The van der Waals surface area contributed by atoms with Crippen molar-refractivity contribution in [2.45, 2.75) is 24.9 Å². The summed E-state index contributed by atoms with van der Waals surface area (Å²) < 4.78 is 0. The van der Waals surface area contributed by atoms with Crippen LogP contribution in [0.15, 0.2) is 30.3 Å². The second-order valence-electron chi connectivity index (χ2n) is 5.16. The van der Waals surface area contributed by atoms with Crippen molar-refractivity contribution in [3.8, 4) is 0 Å². The lowest BCUT2D eigenvalue weighted by atomic mass is 10.2. The predicted octanol–water partition coefficient (Wildman–Crippen LogP) is 1.46. The minimum Gasteiger partial charge on any atom is -0.369 e. The summed E-state index contributed by atoms with van der Waals surface area (Å²) in [7, 11) is 0. The quantitative estimate of drug-likeness (QED) is 0.834. The molecule has 1 aliphatic rings. The molecule has 0 saturated carbocycles. The highest BCUT2D eigenvalue weighted by Gasteiger charge is 2.25. The number of nitrogens with zero attached hydrogens (tertiary/aromatic N) is 1. The molecule has 20 heavy (non-hydrogen) atoms. The molecule has 5 heteroatoms. The van der Waals surface area contributed by atoms with Gasteiger partial charge in [-0.15, -0.1) is 0 Å². The average Bonchev–Trinajstić information content (AvgIpc) is 2.94. The number of carbonyl (C=O) groups excluding carboxylic acids is 1. The molecule has 2 atom stereocenters. The second kappa shape index (κ2) is 7.55. The van der Waals surface area contributed by atoms with Gasteiger partial charge in [0.2, 0.25) is 5.91 Å². The lowest BCUT2D eigenvalue weighted by Gasteiger charge is -2.20. The molecular weight excluding hydrogens is 270 g/mol. The number of para-hydroxylation sites is 1. The standard InChI is InChI=1S/C15H23N3OS/c1-20-10-8-14(16)15(19)17-12-7-9-18(11-12)13-5-3-2-4-6-13/h2-6,12,14H,7-11,16H2,1H3,(H,17,19)/t12?,14-/m0/s1. The Morgan fingerprint density at radius 3 is 2.95 bits per heavy atom. The van der Waals surface area contributed by atoms with Gasteiger partial charge in [0.1, 0.15) is 0 Å². The fourth-order valence-electron chi connectivity index (χ4n) is 2.44. The number of rotatable bonds is 6. The van der Waals surface area contributed by atoms with Gasteiger partial charge in [-0.3, -0.25) is 4.79 Å². The summed E-state index contributed by atoms with van der Waals surface area (Å²) >= 11 is 1.72. The fraction of sp³-hybridized carbons (Fsp3) is 0.533. The van der Waals surface area contributed by atoms with E-state index in [0.29, 0.717) is 0 Å². The van der Waals surface area contributed by atoms with E-state index in [1.807, 2.05) is 24.5 Å². The largest absolute Gasteiger partial charge is 0.369 e. The third-order valence-corrected chi connectivity index (χ3v) is 4.27. The summed E-state index contributed by atoms with van der Waals surface area (Å²) in [6.45, 7) is 1.85. The van der Waals surface area contributed by atoms with Gasteiger partial charge in [-0.2, -0.15) is 11.8 Å². The predicted molar refractivity (Wildman–Crippen MR) is 86.2 cm³/mol. The van der Waals surface area contributed by atoms with E-state index in [2.05, 4.69) is 22.3 Å². The van der Waals surface area contributed by atoms with Crippen LogP contribution in [0.5, 0.6) is 0 Å². The maximum atomic E-state index is 12.0.